The fourth-order valence-corrected chi connectivity index (χ4v) is 4.92. The van der Waals surface area contributed by atoms with E-state index in [2.05, 4.69) is 15.6 Å². The summed E-state index contributed by atoms with van der Waals surface area (Å²) in [6.45, 7) is 0. The van der Waals surface area contributed by atoms with Crippen LogP contribution in [0.5, 0.6) is 17.2 Å². The van der Waals surface area contributed by atoms with Gasteiger partial charge < -0.3 is 19.5 Å². The van der Waals surface area contributed by atoms with Gasteiger partial charge in [-0.2, -0.15) is 0 Å². The lowest BCUT2D eigenvalue weighted by Crippen LogP contribution is -2.38. The fraction of sp³-hybridized carbons (Fsp3) is 0.240. The van der Waals surface area contributed by atoms with E-state index in [0.29, 0.717) is 39.8 Å². The minimum Gasteiger partial charge on any atom is -0.493 e. The third-order valence-corrected chi connectivity index (χ3v) is 6.67. The van der Waals surface area contributed by atoms with Crippen LogP contribution in [-0.2, 0) is 4.79 Å². The first-order valence-corrected chi connectivity index (χ1v) is 11.6. The molecule has 9 heteroatoms. The summed E-state index contributed by atoms with van der Waals surface area (Å²) in [5, 5.41) is 6.26. The van der Waals surface area contributed by atoms with Crippen molar-refractivity contribution in [1.29, 1.82) is 0 Å². The molecule has 1 amide bonds. The van der Waals surface area contributed by atoms with Crippen LogP contribution in [0.1, 0.15) is 26.9 Å². The van der Waals surface area contributed by atoms with Crippen LogP contribution in [0.25, 0.3) is 0 Å². The number of anilines is 1. The van der Waals surface area contributed by atoms with E-state index in [4.69, 9.17) is 14.2 Å². The van der Waals surface area contributed by atoms with Crippen molar-refractivity contribution in [3.05, 3.63) is 77.6 Å². The normalized spacial score (nSPS) is 17.1. The van der Waals surface area contributed by atoms with Crippen molar-refractivity contribution in [3.63, 3.8) is 0 Å². The van der Waals surface area contributed by atoms with Gasteiger partial charge >= 0.3 is 0 Å². The Kier molecular flexibility index (Phi) is 7.34. The molecule has 1 aliphatic heterocycles. The van der Waals surface area contributed by atoms with E-state index in [-0.39, 0.29) is 23.1 Å². The van der Waals surface area contributed by atoms with Gasteiger partial charge in [-0.3, -0.25) is 19.9 Å². The summed E-state index contributed by atoms with van der Waals surface area (Å²) in [5.41, 5.74) is 2.38. The van der Waals surface area contributed by atoms with Gasteiger partial charge in [-0.15, -0.1) is 11.8 Å². The van der Waals surface area contributed by atoms with E-state index in [1.165, 1.54) is 21.3 Å². The molecular weight excluding hydrogens is 454 g/mol. The van der Waals surface area contributed by atoms with Crippen LogP contribution < -0.4 is 24.8 Å². The number of nitrogens with one attached hydrogen (secondary N) is 2. The van der Waals surface area contributed by atoms with Crippen molar-refractivity contribution in [2.75, 3.05) is 32.4 Å². The molecule has 2 heterocycles. The smallest absolute Gasteiger partial charge is 0.242 e. The van der Waals surface area contributed by atoms with E-state index < -0.39 is 0 Å². The average molecular weight is 480 g/mol. The molecular formula is C25H25N3O5S. The maximum atomic E-state index is 13.2. The Morgan fingerprint density at radius 2 is 1.76 bits per heavy atom. The number of aromatic nitrogens is 1. The van der Waals surface area contributed by atoms with Crippen LogP contribution in [0.15, 0.2) is 60.9 Å². The predicted octanol–water partition coefficient (Wildman–Crippen LogP) is 3.68. The topological polar surface area (TPSA) is 98.8 Å². The third kappa shape index (κ3) is 5.00. The van der Waals surface area contributed by atoms with Crippen LogP contribution in [0, 0.1) is 0 Å². The molecule has 0 aliphatic carbocycles. The second-order valence-corrected chi connectivity index (χ2v) is 8.67. The molecule has 0 radical (unpaired) electrons. The predicted molar refractivity (Wildman–Crippen MR) is 131 cm³/mol. The highest BCUT2D eigenvalue weighted by Crippen LogP contribution is 2.39. The molecule has 34 heavy (non-hydrogen) atoms. The van der Waals surface area contributed by atoms with Crippen LogP contribution in [0.3, 0.4) is 0 Å². The van der Waals surface area contributed by atoms with Gasteiger partial charge in [-0.1, -0.05) is 18.2 Å². The van der Waals surface area contributed by atoms with Gasteiger partial charge in [0.1, 0.15) is 0 Å². The summed E-state index contributed by atoms with van der Waals surface area (Å²) in [5.74, 6) is 1.44. The number of amides is 1. The number of ketones is 1. The number of methoxy groups -OCH3 is 3. The Hall–Kier alpha value is -3.56. The quantitative estimate of drug-likeness (QED) is 0.472. The zero-order chi connectivity index (χ0) is 24.1. The van der Waals surface area contributed by atoms with Crippen LogP contribution in [0.2, 0.25) is 0 Å². The second-order valence-electron chi connectivity index (χ2n) is 7.53. The van der Waals surface area contributed by atoms with Crippen molar-refractivity contribution < 1.29 is 23.8 Å². The molecule has 0 spiro atoms. The van der Waals surface area contributed by atoms with Gasteiger partial charge in [0.25, 0.3) is 0 Å². The van der Waals surface area contributed by atoms with Gasteiger partial charge in [0.15, 0.2) is 17.3 Å². The number of rotatable bonds is 8. The SMILES string of the molecule is COc1cc(C(=O)c2cccc(NC(=O)[C@@H]3CSC(c4cccnc4)N3)c2)cc(OC)c1OC. The lowest BCUT2D eigenvalue weighted by molar-refractivity contribution is -0.117. The number of carbonyl (C=O) groups is 2. The minimum atomic E-state index is -0.357. The third-order valence-electron chi connectivity index (χ3n) is 5.40. The van der Waals surface area contributed by atoms with E-state index in [1.807, 2.05) is 12.1 Å². The van der Waals surface area contributed by atoms with Crippen molar-refractivity contribution in [2.45, 2.75) is 11.4 Å². The Morgan fingerprint density at radius 1 is 1.00 bits per heavy atom. The maximum Gasteiger partial charge on any atom is 0.242 e. The van der Waals surface area contributed by atoms with E-state index in [9.17, 15) is 9.59 Å². The second kappa shape index (κ2) is 10.6. The molecule has 4 rings (SSSR count). The molecule has 0 bridgehead atoms. The maximum absolute atomic E-state index is 13.2. The number of ether oxygens (including phenoxy) is 3. The minimum absolute atomic E-state index is 0.0115. The largest absolute Gasteiger partial charge is 0.493 e. The lowest BCUT2D eigenvalue weighted by Gasteiger charge is -2.15. The number of pyridine rings is 1. The summed E-state index contributed by atoms with van der Waals surface area (Å²) in [6, 6.07) is 13.6. The van der Waals surface area contributed by atoms with Crippen molar-refractivity contribution in [3.8, 4) is 17.2 Å². The Morgan fingerprint density at radius 3 is 2.41 bits per heavy atom. The van der Waals surface area contributed by atoms with E-state index >= 15 is 0 Å². The lowest BCUT2D eigenvalue weighted by atomic mass is 10.0. The Bertz CT molecular complexity index is 1160. The van der Waals surface area contributed by atoms with Crippen LogP contribution >= 0.6 is 11.8 Å². The molecule has 8 nitrogen and oxygen atoms in total. The van der Waals surface area contributed by atoms with Crippen LogP contribution in [-0.4, -0.2) is 49.8 Å². The van der Waals surface area contributed by atoms with Gasteiger partial charge in [0.05, 0.1) is 32.7 Å². The van der Waals surface area contributed by atoms with E-state index in [0.717, 1.165) is 5.56 Å². The summed E-state index contributed by atoms with van der Waals surface area (Å²) in [4.78, 5) is 30.2. The molecule has 2 N–H and O–H groups in total. The molecule has 2 aromatic carbocycles. The first-order valence-electron chi connectivity index (χ1n) is 10.6. The zero-order valence-corrected chi connectivity index (χ0v) is 19.8. The summed E-state index contributed by atoms with van der Waals surface area (Å²) < 4.78 is 16.0. The molecule has 1 aromatic heterocycles. The summed E-state index contributed by atoms with van der Waals surface area (Å²) in [7, 11) is 4.50. The number of thioether (sulfide) groups is 1. The molecule has 3 aromatic rings. The number of hydrogen-bond donors (Lipinski definition) is 2. The number of nitrogens with zero attached hydrogens (tertiary/aromatic N) is 1. The molecule has 1 saturated heterocycles. The van der Waals surface area contributed by atoms with Crippen molar-refractivity contribution in [2.24, 2.45) is 0 Å². The molecule has 0 saturated carbocycles. The molecule has 176 valence electrons. The first kappa shape index (κ1) is 23.6. The number of benzene rings is 2. The van der Waals surface area contributed by atoms with Crippen molar-refractivity contribution >= 4 is 29.1 Å². The summed E-state index contributed by atoms with van der Waals surface area (Å²) in [6.07, 6.45) is 3.52. The highest BCUT2D eigenvalue weighted by atomic mass is 32.2. The van der Waals surface area contributed by atoms with Gasteiger partial charge in [0.2, 0.25) is 11.7 Å². The van der Waals surface area contributed by atoms with E-state index in [1.54, 1.807) is 60.6 Å². The fourth-order valence-electron chi connectivity index (χ4n) is 3.69. The summed E-state index contributed by atoms with van der Waals surface area (Å²) >= 11 is 1.66. The Labute approximate surface area is 202 Å². The monoisotopic (exact) mass is 479 g/mol. The number of carbonyl (C=O) groups excluding carboxylic acids is 2. The van der Waals surface area contributed by atoms with Gasteiger partial charge in [0, 0.05) is 35.0 Å². The van der Waals surface area contributed by atoms with Gasteiger partial charge in [-0.05, 0) is 35.9 Å². The Balaban J connectivity index is 1.48. The first-order chi connectivity index (χ1) is 16.5. The average Bonchev–Trinajstić information content (AvgIpc) is 3.38. The molecule has 2 atom stereocenters. The number of hydrogen-bond acceptors (Lipinski definition) is 8. The zero-order valence-electron chi connectivity index (χ0n) is 19.0. The van der Waals surface area contributed by atoms with Crippen molar-refractivity contribution in [1.82, 2.24) is 10.3 Å². The highest BCUT2D eigenvalue weighted by Gasteiger charge is 2.30. The standard InChI is InChI=1S/C25H25N3O5S/c1-31-20-11-17(12-21(32-2)23(20)33-3)22(29)15-6-4-8-18(10-15)27-24(30)19-14-34-25(28-19)16-7-5-9-26-13-16/h4-13,19,25,28H,14H2,1-3H3,(H,27,30)/t19-,25?/m0/s1. The van der Waals surface area contributed by atoms with Gasteiger partial charge in [-0.25, -0.2) is 0 Å². The van der Waals surface area contributed by atoms with Crippen LogP contribution in [0.4, 0.5) is 5.69 Å². The molecule has 1 fully saturated rings. The molecule has 1 unspecified atom stereocenters. The molecule has 1 aliphatic rings. The highest BCUT2D eigenvalue weighted by molar-refractivity contribution is 7.99.